The molecule has 0 saturated heterocycles. The van der Waals surface area contributed by atoms with Gasteiger partial charge in [-0.25, -0.2) is 9.18 Å². The van der Waals surface area contributed by atoms with Crippen molar-refractivity contribution >= 4 is 5.97 Å². The van der Waals surface area contributed by atoms with Crippen molar-refractivity contribution in [2.75, 3.05) is 6.61 Å². The zero-order valence-electron chi connectivity index (χ0n) is 7.31. The van der Waals surface area contributed by atoms with Gasteiger partial charge in [0, 0.05) is 0 Å². The molecule has 0 aliphatic carbocycles. The number of aliphatic carboxylic acids is 1. The first kappa shape index (κ1) is 12.2. The van der Waals surface area contributed by atoms with Crippen molar-refractivity contribution in [2.45, 2.75) is 32.0 Å². The molecule has 0 amide bonds. The molecule has 0 aromatic heterocycles. The summed E-state index contributed by atoms with van der Waals surface area (Å²) in [4.78, 5) is 10.2. The van der Waals surface area contributed by atoms with E-state index in [0.29, 0.717) is 0 Å². The molecule has 6 heteroatoms. The molecule has 0 saturated carbocycles. The molecule has 1 unspecified atom stereocenters. The van der Waals surface area contributed by atoms with Gasteiger partial charge in [0.25, 0.3) is 5.67 Å². The third-order valence-corrected chi connectivity index (χ3v) is 1.61. The van der Waals surface area contributed by atoms with E-state index in [9.17, 15) is 18.0 Å². The molecule has 0 aromatic carbocycles. The Bertz CT molecular complexity index is 195. The minimum Gasteiger partial charge on any atom is -0.479 e. The van der Waals surface area contributed by atoms with Crippen LogP contribution in [0.1, 0.15) is 20.3 Å². The first-order valence-corrected chi connectivity index (χ1v) is 3.76. The van der Waals surface area contributed by atoms with Gasteiger partial charge in [-0.1, -0.05) is 6.92 Å². The highest BCUT2D eigenvalue weighted by Crippen LogP contribution is 2.36. The highest BCUT2D eigenvalue weighted by molar-refractivity contribution is 5.78. The van der Waals surface area contributed by atoms with Crippen LogP contribution >= 0.6 is 0 Å². The lowest BCUT2D eigenvalue weighted by atomic mass is 10.0. The van der Waals surface area contributed by atoms with Crippen LogP contribution in [-0.4, -0.2) is 29.5 Å². The topological polar surface area (TPSA) is 46.5 Å². The average Bonchev–Trinajstić information content (AvgIpc) is 2.02. The number of carboxylic acids is 1. The molecule has 0 rings (SSSR count). The monoisotopic (exact) mass is 200 g/mol. The van der Waals surface area contributed by atoms with Crippen LogP contribution in [0.2, 0.25) is 0 Å². The molecule has 78 valence electrons. The molecule has 0 heterocycles. The van der Waals surface area contributed by atoms with Crippen LogP contribution in [0, 0.1) is 0 Å². The van der Waals surface area contributed by atoms with Crippen molar-refractivity contribution in [2.24, 2.45) is 0 Å². The Hall–Kier alpha value is -0.780. The van der Waals surface area contributed by atoms with E-state index in [-0.39, 0.29) is 0 Å². The normalized spacial score (nSPS) is 16.7. The summed E-state index contributed by atoms with van der Waals surface area (Å²) in [6, 6.07) is 0. The first-order chi connectivity index (χ1) is 5.81. The van der Waals surface area contributed by atoms with Crippen LogP contribution < -0.4 is 0 Å². The first-order valence-electron chi connectivity index (χ1n) is 3.76. The molecule has 3 nitrogen and oxygen atoms in total. The van der Waals surface area contributed by atoms with Crippen molar-refractivity contribution in [1.29, 1.82) is 0 Å². The van der Waals surface area contributed by atoms with Crippen LogP contribution in [0.15, 0.2) is 0 Å². The lowest BCUT2D eigenvalue weighted by molar-refractivity contribution is -0.303. The fourth-order valence-corrected chi connectivity index (χ4v) is 0.777. The van der Waals surface area contributed by atoms with Gasteiger partial charge in [0.1, 0.15) is 0 Å². The van der Waals surface area contributed by atoms with E-state index in [1.165, 1.54) is 6.92 Å². The van der Waals surface area contributed by atoms with E-state index in [0.717, 1.165) is 6.92 Å². The van der Waals surface area contributed by atoms with Crippen LogP contribution in [-0.2, 0) is 9.53 Å². The molecule has 0 aromatic rings. The summed E-state index contributed by atoms with van der Waals surface area (Å²) in [6.45, 7) is 1.79. The van der Waals surface area contributed by atoms with Gasteiger partial charge in [-0.05, 0) is 13.3 Å². The molecule has 0 spiro atoms. The van der Waals surface area contributed by atoms with E-state index in [2.05, 4.69) is 4.74 Å². The lowest BCUT2D eigenvalue weighted by Crippen LogP contribution is -2.51. The van der Waals surface area contributed by atoms with E-state index in [1.54, 1.807) is 0 Å². The summed E-state index contributed by atoms with van der Waals surface area (Å²) < 4.78 is 42.4. The summed E-state index contributed by atoms with van der Waals surface area (Å²) in [5, 5.41) is 8.26. The van der Waals surface area contributed by atoms with E-state index < -0.39 is 30.8 Å². The van der Waals surface area contributed by atoms with Crippen molar-refractivity contribution < 1.29 is 27.8 Å². The van der Waals surface area contributed by atoms with Gasteiger partial charge in [0.15, 0.2) is 0 Å². The van der Waals surface area contributed by atoms with E-state index >= 15 is 0 Å². The number of ether oxygens (including phenoxy) is 1. The molecule has 0 radical (unpaired) electrons. The summed E-state index contributed by atoms with van der Waals surface area (Å²) in [5.74, 6) is -2.21. The predicted octanol–water partition coefficient (Wildman–Crippen LogP) is 1.82. The van der Waals surface area contributed by atoms with Crippen LogP contribution in [0.4, 0.5) is 13.2 Å². The number of halogens is 3. The maximum Gasteiger partial charge on any atom is 0.400 e. The number of carboxylic acid groups (broad SMARTS) is 1. The molecule has 13 heavy (non-hydrogen) atoms. The SMILES string of the molecule is CCOC(F)(F)C(F)(CC)C(=O)O. The molecular formula is C7H11F3O3. The lowest BCUT2D eigenvalue weighted by Gasteiger charge is -2.27. The average molecular weight is 200 g/mol. The van der Waals surface area contributed by atoms with E-state index in [4.69, 9.17) is 5.11 Å². The van der Waals surface area contributed by atoms with Gasteiger partial charge >= 0.3 is 12.1 Å². The van der Waals surface area contributed by atoms with Crippen molar-refractivity contribution in [3.05, 3.63) is 0 Å². The second-order valence-electron chi connectivity index (χ2n) is 2.41. The fraction of sp³-hybridized carbons (Fsp3) is 0.857. The van der Waals surface area contributed by atoms with Crippen molar-refractivity contribution in [3.8, 4) is 0 Å². The Kier molecular flexibility index (Phi) is 3.71. The molecule has 0 fully saturated rings. The second-order valence-corrected chi connectivity index (χ2v) is 2.41. The fourth-order valence-electron chi connectivity index (χ4n) is 0.777. The van der Waals surface area contributed by atoms with E-state index in [1.807, 2.05) is 0 Å². The summed E-state index contributed by atoms with van der Waals surface area (Å²) in [5.41, 5.74) is -3.65. The maximum absolute atomic E-state index is 13.1. The highest BCUT2D eigenvalue weighted by atomic mass is 19.3. The zero-order valence-corrected chi connectivity index (χ0v) is 7.31. The van der Waals surface area contributed by atoms with Gasteiger partial charge in [-0.15, -0.1) is 0 Å². The Labute approximate surface area is 73.5 Å². The van der Waals surface area contributed by atoms with Crippen LogP contribution in [0.3, 0.4) is 0 Å². The summed E-state index contributed by atoms with van der Waals surface area (Å²) in [7, 11) is 0. The van der Waals surface area contributed by atoms with Crippen molar-refractivity contribution in [3.63, 3.8) is 0 Å². The Morgan fingerprint density at radius 3 is 2.08 bits per heavy atom. The van der Waals surface area contributed by atoms with Gasteiger partial charge in [0.2, 0.25) is 0 Å². The van der Waals surface area contributed by atoms with Gasteiger partial charge in [-0.3, -0.25) is 0 Å². The number of rotatable bonds is 5. The molecule has 0 bridgehead atoms. The highest BCUT2D eigenvalue weighted by Gasteiger charge is 2.61. The standard InChI is InChI=1S/C7H11F3O3/c1-3-6(8,5(11)12)7(9,10)13-4-2/h3-4H2,1-2H3,(H,11,12). The molecular weight excluding hydrogens is 189 g/mol. The number of alkyl halides is 3. The largest absolute Gasteiger partial charge is 0.479 e. The molecule has 1 N–H and O–H groups in total. The van der Waals surface area contributed by atoms with Gasteiger partial charge in [0.05, 0.1) is 6.61 Å². The molecule has 0 aliphatic rings. The van der Waals surface area contributed by atoms with Crippen molar-refractivity contribution in [1.82, 2.24) is 0 Å². The quantitative estimate of drug-likeness (QED) is 0.736. The predicted molar refractivity (Wildman–Crippen MR) is 38.3 cm³/mol. The Balaban J connectivity index is 4.83. The van der Waals surface area contributed by atoms with Crippen LogP contribution in [0.25, 0.3) is 0 Å². The zero-order chi connectivity index (χ0) is 10.7. The number of hydrogen-bond donors (Lipinski definition) is 1. The maximum atomic E-state index is 13.1. The van der Waals surface area contributed by atoms with Gasteiger partial charge < -0.3 is 9.84 Å². The number of carbonyl (C=O) groups is 1. The smallest absolute Gasteiger partial charge is 0.400 e. The third-order valence-electron chi connectivity index (χ3n) is 1.61. The Morgan fingerprint density at radius 1 is 1.38 bits per heavy atom. The minimum absolute atomic E-state index is 0.452. The molecule has 1 atom stereocenters. The summed E-state index contributed by atoms with van der Waals surface area (Å²) in [6.07, 6.45) is -5.14. The summed E-state index contributed by atoms with van der Waals surface area (Å²) >= 11 is 0. The minimum atomic E-state index is -4.29. The third kappa shape index (κ3) is 2.12. The molecule has 0 aliphatic heterocycles. The number of hydrogen-bond acceptors (Lipinski definition) is 2. The van der Waals surface area contributed by atoms with Crippen LogP contribution in [0.5, 0.6) is 0 Å². The van der Waals surface area contributed by atoms with Gasteiger partial charge in [-0.2, -0.15) is 8.78 Å². The second kappa shape index (κ2) is 3.95. The Morgan fingerprint density at radius 2 is 1.85 bits per heavy atom.